The number of hydrogen-bond acceptors (Lipinski definition) is 4. The largest absolute Gasteiger partial charge is 0.444 e. The molecule has 1 fully saturated rings. The maximum absolute atomic E-state index is 12.6. The molecule has 8 heteroatoms. The molecule has 0 bridgehead atoms. The van der Waals surface area contributed by atoms with E-state index in [4.69, 9.17) is 4.74 Å². The minimum atomic E-state index is -3.26. The fourth-order valence-electron chi connectivity index (χ4n) is 4.35. The van der Waals surface area contributed by atoms with Gasteiger partial charge in [0.15, 0.2) is 0 Å². The standard InChI is InChI=1S/C23H23N3O4S/c1-31(28,29)26(10-4-5-11-26)15-30-18-8-9-21-17(12-18)14-22(24-21)19-13-16-6-2-3-7-20(16)25-23(19)27/h2-3,6-9,12-14,24H,4-5,10-11,15H2,1H3/p+1. The molecule has 2 N–H and O–H groups in total. The lowest BCUT2D eigenvalue weighted by molar-refractivity contribution is -0.810. The van der Waals surface area contributed by atoms with Gasteiger partial charge in [0.25, 0.3) is 15.6 Å². The van der Waals surface area contributed by atoms with Gasteiger partial charge in [-0.2, -0.15) is 12.3 Å². The lowest BCUT2D eigenvalue weighted by Crippen LogP contribution is -2.52. The molecule has 160 valence electrons. The Kier molecular flexibility index (Phi) is 4.64. The van der Waals surface area contributed by atoms with E-state index in [1.54, 1.807) is 0 Å². The molecular weight excluding hydrogens is 414 g/mol. The van der Waals surface area contributed by atoms with Crippen molar-refractivity contribution in [3.63, 3.8) is 0 Å². The Morgan fingerprint density at radius 1 is 0.935 bits per heavy atom. The Morgan fingerprint density at radius 2 is 1.68 bits per heavy atom. The number of pyridine rings is 1. The van der Waals surface area contributed by atoms with E-state index in [0.29, 0.717) is 24.4 Å². The third-order valence-electron chi connectivity index (χ3n) is 6.19. The van der Waals surface area contributed by atoms with E-state index in [1.165, 1.54) is 6.26 Å². The number of aromatic amines is 2. The summed E-state index contributed by atoms with van der Waals surface area (Å²) in [4.78, 5) is 18.8. The maximum Gasteiger partial charge on any atom is 0.296 e. The first-order chi connectivity index (χ1) is 14.8. The molecule has 7 nitrogen and oxygen atoms in total. The van der Waals surface area contributed by atoms with Crippen molar-refractivity contribution in [2.24, 2.45) is 0 Å². The summed E-state index contributed by atoms with van der Waals surface area (Å²) in [5, 5.41) is 1.85. The number of para-hydroxylation sites is 1. The number of fused-ring (bicyclic) bond motifs is 2. The zero-order valence-electron chi connectivity index (χ0n) is 17.2. The molecule has 1 saturated heterocycles. The van der Waals surface area contributed by atoms with E-state index in [1.807, 2.05) is 54.6 Å². The average Bonchev–Trinajstić information content (AvgIpc) is 3.39. The van der Waals surface area contributed by atoms with Crippen LogP contribution in [0.2, 0.25) is 0 Å². The van der Waals surface area contributed by atoms with Gasteiger partial charge in [0.1, 0.15) is 5.75 Å². The first kappa shape index (κ1) is 19.8. The fourth-order valence-corrected chi connectivity index (χ4v) is 5.52. The summed E-state index contributed by atoms with van der Waals surface area (Å²) in [5.74, 6) is 0.610. The van der Waals surface area contributed by atoms with E-state index in [-0.39, 0.29) is 16.2 Å². The van der Waals surface area contributed by atoms with Crippen molar-refractivity contribution in [1.82, 2.24) is 9.97 Å². The van der Waals surface area contributed by atoms with Gasteiger partial charge in [-0.25, -0.2) is 0 Å². The first-order valence-electron chi connectivity index (χ1n) is 10.3. The third-order valence-corrected chi connectivity index (χ3v) is 8.06. The van der Waals surface area contributed by atoms with E-state index in [0.717, 1.165) is 40.3 Å². The predicted molar refractivity (Wildman–Crippen MR) is 121 cm³/mol. The Morgan fingerprint density at radius 3 is 2.45 bits per heavy atom. The van der Waals surface area contributed by atoms with Crippen molar-refractivity contribution in [3.05, 3.63) is 65.0 Å². The van der Waals surface area contributed by atoms with Crippen molar-refractivity contribution in [3.8, 4) is 17.0 Å². The van der Waals surface area contributed by atoms with Crippen LogP contribution in [0, 0.1) is 0 Å². The number of rotatable bonds is 5. The number of benzene rings is 2. The van der Waals surface area contributed by atoms with Crippen LogP contribution < -0.4 is 10.3 Å². The summed E-state index contributed by atoms with van der Waals surface area (Å²) < 4.78 is 30.6. The normalized spacial score (nSPS) is 16.2. The third kappa shape index (κ3) is 3.51. The van der Waals surface area contributed by atoms with Gasteiger partial charge in [-0.05, 0) is 41.8 Å². The highest BCUT2D eigenvalue weighted by Crippen LogP contribution is 2.29. The Balaban J connectivity index is 1.46. The molecule has 4 aromatic rings. The molecule has 0 unspecified atom stereocenters. The van der Waals surface area contributed by atoms with Crippen molar-refractivity contribution in [2.75, 3.05) is 26.1 Å². The van der Waals surface area contributed by atoms with Gasteiger partial charge in [0.2, 0.25) is 6.73 Å². The van der Waals surface area contributed by atoms with Crippen LogP contribution in [0.4, 0.5) is 0 Å². The summed E-state index contributed by atoms with van der Waals surface area (Å²) in [6.07, 6.45) is 3.05. The smallest absolute Gasteiger partial charge is 0.296 e. The number of nitrogens with zero attached hydrogens (tertiary/aromatic N) is 1. The summed E-state index contributed by atoms with van der Waals surface area (Å²) >= 11 is 0. The van der Waals surface area contributed by atoms with Gasteiger partial charge >= 0.3 is 0 Å². The summed E-state index contributed by atoms with van der Waals surface area (Å²) in [6.45, 7) is 1.27. The van der Waals surface area contributed by atoms with Crippen molar-refractivity contribution >= 4 is 31.8 Å². The lowest BCUT2D eigenvalue weighted by atomic mass is 10.1. The van der Waals surface area contributed by atoms with Gasteiger partial charge in [0, 0.05) is 29.3 Å². The molecule has 1 aliphatic heterocycles. The Hall–Kier alpha value is -3.10. The highest BCUT2D eigenvalue weighted by atomic mass is 32.2. The second-order valence-electron chi connectivity index (χ2n) is 8.25. The van der Waals surface area contributed by atoms with Crippen LogP contribution in [0.15, 0.2) is 59.4 Å². The molecule has 0 aliphatic carbocycles. The van der Waals surface area contributed by atoms with Gasteiger partial charge < -0.3 is 14.7 Å². The second kappa shape index (κ2) is 7.25. The zero-order valence-corrected chi connectivity index (χ0v) is 18.0. The van der Waals surface area contributed by atoms with Crippen molar-refractivity contribution < 1.29 is 17.0 Å². The molecule has 0 atom stereocenters. The minimum absolute atomic E-state index is 0.0319. The van der Waals surface area contributed by atoms with Gasteiger partial charge in [-0.1, -0.05) is 18.2 Å². The van der Waals surface area contributed by atoms with Crippen LogP contribution in [0.3, 0.4) is 0 Å². The molecule has 1 aliphatic rings. The molecule has 5 rings (SSSR count). The summed E-state index contributed by atoms with van der Waals surface area (Å²) in [6, 6.07) is 17.0. The second-order valence-corrected chi connectivity index (χ2v) is 10.5. The fraction of sp³-hybridized carbons (Fsp3) is 0.261. The molecular formula is C23H24N3O4S+. The molecule has 0 saturated carbocycles. The van der Waals surface area contributed by atoms with Gasteiger partial charge in [-0.3, -0.25) is 4.79 Å². The van der Waals surface area contributed by atoms with Gasteiger partial charge in [0.05, 0.1) is 30.6 Å². The predicted octanol–water partition coefficient (Wildman–Crippen LogP) is 3.58. The monoisotopic (exact) mass is 438 g/mol. The zero-order chi connectivity index (χ0) is 21.6. The number of nitrogens with one attached hydrogen (secondary N) is 2. The maximum atomic E-state index is 12.6. The van der Waals surface area contributed by atoms with Gasteiger partial charge in [-0.15, -0.1) is 0 Å². The molecule has 2 aromatic carbocycles. The Bertz CT molecular complexity index is 1450. The summed E-state index contributed by atoms with van der Waals surface area (Å²) in [5.41, 5.74) is 2.81. The Labute approximate surface area is 179 Å². The SMILES string of the molecule is CS(=O)(=O)[N+]1(COc2ccc3[nH]c(-c4cc5ccccc5[nH]c4=O)cc3c2)CCCC1. The molecule has 31 heavy (non-hydrogen) atoms. The molecule has 3 heterocycles. The lowest BCUT2D eigenvalue weighted by Gasteiger charge is -2.30. The van der Waals surface area contributed by atoms with Crippen LogP contribution in [0.5, 0.6) is 5.75 Å². The van der Waals surface area contributed by atoms with Crippen LogP contribution in [0.25, 0.3) is 33.1 Å². The molecule has 0 radical (unpaired) electrons. The number of likely N-dealkylation sites (tertiary alicyclic amines) is 1. The number of quaternary nitrogens is 1. The highest BCUT2D eigenvalue weighted by Gasteiger charge is 2.42. The van der Waals surface area contributed by atoms with E-state index in [2.05, 4.69) is 9.97 Å². The number of hydrogen-bond donors (Lipinski definition) is 2. The highest BCUT2D eigenvalue weighted by molar-refractivity contribution is 7.85. The number of H-pyrrole nitrogens is 2. The van der Waals surface area contributed by atoms with Crippen LogP contribution in [-0.4, -0.2) is 48.4 Å². The average molecular weight is 439 g/mol. The first-order valence-corrected chi connectivity index (χ1v) is 12.1. The topological polar surface area (TPSA) is 92.0 Å². The van der Waals surface area contributed by atoms with E-state index >= 15 is 0 Å². The van der Waals surface area contributed by atoms with Crippen LogP contribution >= 0.6 is 0 Å². The number of ether oxygens (including phenoxy) is 1. The van der Waals surface area contributed by atoms with Crippen LogP contribution in [0.1, 0.15) is 12.8 Å². The van der Waals surface area contributed by atoms with E-state index in [9.17, 15) is 13.2 Å². The van der Waals surface area contributed by atoms with E-state index < -0.39 is 10.0 Å². The molecule has 0 amide bonds. The quantitative estimate of drug-likeness (QED) is 0.466. The van der Waals surface area contributed by atoms with Crippen LogP contribution in [-0.2, 0) is 10.0 Å². The van der Waals surface area contributed by atoms with Crippen molar-refractivity contribution in [2.45, 2.75) is 12.8 Å². The number of aromatic nitrogens is 2. The molecule has 2 aromatic heterocycles. The number of sulfonamides is 1. The van der Waals surface area contributed by atoms with Crippen molar-refractivity contribution in [1.29, 1.82) is 0 Å². The minimum Gasteiger partial charge on any atom is -0.444 e. The summed E-state index contributed by atoms with van der Waals surface area (Å²) in [7, 11) is -3.26. The molecule has 0 spiro atoms.